The topological polar surface area (TPSA) is 88.5 Å². The number of aromatic nitrogens is 5. The molecule has 0 atom stereocenters. The van der Waals surface area contributed by atoms with E-state index < -0.39 is 0 Å². The van der Waals surface area contributed by atoms with E-state index in [1.807, 2.05) is 47.5 Å². The molecule has 1 amide bonds. The number of hydrogen-bond acceptors (Lipinski definition) is 5. The Balaban J connectivity index is 1.33. The fraction of sp³-hybridized carbons (Fsp3) is 0.158. The van der Waals surface area contributed by atoms with Gasteiger partial charge in [-0.2, -0.15) is 5.10 Å². The van der Waals surface area contributed by atoms with Gasteiger partial charge in [-0.3, -0.25) is 14.9 Å². The van der Waals surface area contributed by atoms with Crippen molar-refractivity contribution in [3.63, 3.8) is 0 Å². The van der Waals surface area contributed by atoms with Gasteiger partial charge in [0.1, 0.15) is 16.4 Å². The van der Waals surface area contributed by atoms with Gasteiger partial charge in [0.25, 0.3) is 5.91 Å². The molecule has 4 heterocycles. The van der Waals surface area contributed by atoms with Crippen LogP contribution in [0.1, 0.15) is 16.2 Å². The zero-order valence-electron chi connectivity index (χ0n) is 14.7. The van der Waals surface area contributed by atoms with Gasteiger partial charge in [0.2, 0.25) is 0 Å². The average molecular weight is 378 g/mol. The Morgan fingerprint density at radius 2 is 2.26 bits per heavy atom. The maximum atomic E-state index is 12.3. The van der Waals surface area contributed by atoms with Gasteiger partial charge in [-0.05, 0) is 30.3 Å². The van der Waals surface area contributed by atoms with Crippen LogP contribution in [-0.2, 0) is 13.5 Å². The molecule has 136 valence electrons. The van der Waals surface area contributed by atoms with Crippen LogP contribution >= 0.6 is 11.3 Å². The van der Waals surface area contributed by atoms with Crippen molar-refractivity contribution >= 4 is 17.2 Å². The zero-order valence-corrected chi connectivity index (χ0v) is 15.5. The van der Waals surface area contributed by atoms with Gasteiger partial charge in [0.05, 0.1) is 11.4 Å². The number of aryl methyl sites for hydroxylation is 1. The first kappa shape index (κ1) is 17.2. The van der Waals surface area contributed by atoms with Crippen molar-refractivity contribution in [2.45, 2.75) is 6.42 Å². The van der Waals surface area contributed by atoms with Crippen LogP contribution in [0.3, 0.4) is 0 Å². The molecule has 0 fully saturated rings. The highest BCUT2D eigenvalue weighted by atomic mass is 32.1. The van der Waals surface area contributed by atoms with E-state index in [-0.39, 0.29) is 5.91 Å². The summed E-state index contributed by atoms with van der Waals surface area (Å²) in [7, 11) is 1.94. The van der Waals surface area contributed by atoms with Gasteiger partial charge < -0.3 is 9.88 Å². The second-order valence-electron chi connectivity index (χ2n) is 6.06. The lowest BCUT2D eigenvalue weighted by atomic mass is 10.2. The van der Waals surface area contributed by atoms with E-state index in [1.54, 1.807) is 29.8 Å². The van der Waals surface area contributed by atoms with Crippen molar-refractivity contribution in [3.05, 3.63) is 65.7 Å². The van der Waals surface area contributed by atoms with Crippen LogP contribution in [-0.4, -0.2) is 37.2 Å². The third kappa shape index (κ3) is 3.80. The first-order chi connectivity index (χ1) is 13.2. The Hall–Kier alpha value is -3.26. The number of carbonyl (C=O) groups is 1. The number of nitrogens with zero attached hydrogens (tertiary/aromatic N) is 4. The second-order valence-corrected chi connectivity index (χ2v) is 6.92. The summed E-state index contributed by atoms with van der Waals surface area (Å²) in [6.07, 6.45) is 6.15. The maximum Gasteiger partial charge on any atom is 0.269 e. The number of pyridine rings is 1. The number of carbonyl (C=O) groups excluding carboxylic acids is 1. The molecule has 0 bridgehead atoms. The van der Waals surface area contributed by atoms with Crippen molar-refractivity contribution in [1.29, 1.82) is 0 Å². The van der Waals surface area contributed by atoms with Gasteiger partial charge in [-0.15, -0.1) is 11.3 Å². The number of aromatic amines is 1. The summed E-state index contributed by atoms with van der Waals surface area (Å²) < 4.78 is 1.96. The fourth-order valence-electron chi connectivity index (χ4n) is 2.74. The highest BCUT2D eigenvalue weighted by Crippen LogP contribution is 2.22. The van der Waals surface area contributed by atoms with Crippen LogP contribution in [0.5, 0.6) is 0 Å². The molecule has 0 saturated heterocycles. The molecule has 7 nitrogen and oxygen atoms in total. The van der Waals surface area contributed by atoms with Gasteiger partial charge >= 0.3 is 0 Å². The molecule has 0 aliphatic heterocycles. The molecule has 8 heteroatoms. The average Bonchev–Trinajstić information content (AvgIpc) is 3.42. The van der Waals surface area contributed by atoms with Gasteiger partial charge in [-0.1, -0.05) is 0 Å². The first-order valence-corrected chi connectivity index (χ1v) is 9.39. The molecule has 4 rings (SSSR count). The standard InChI is InChI=1S/C19H18N6OS/c1-25-9-3-5-17(25)15-10-16(24-23-15)18(26)21-8-6-14-12-27-19(22-14)13-4-2-7-20-11-13/h2-5,7,9-12H,6,8H2,1H3,(H,21,26)(H,23,24). The summed E-state index contributed by atoms with van der Waals surface area (Å²) >= 11 is 1.58. The third-order valence-corrected chi connectivity index (χ3v) is 5.10. The number of rotatable bonds is 6. The number of thiazole rings is 1. The number of H-pyrrole nitrogens is 1. The Bertz CT molecular complexity index is 1050. The minimum absolute atomic E-state index is 0.175. The second kappa shape index (κ2) is 7.55. The summed E-state index contributed by atoms with van der Waals surface area (Å²) in [5, 5.41) is 12.9. The molecule has 0 unspecified atom stereocenters. The van der Waals surface area contributed by atoms with Crippen molar-refractivity contribution in [2.75, 3.05) is 6.54 Å². The predicted octanol–water partition coefficient (Wildman–Crippen LogP) is 2.91. The Labute approximate surface area is 160 Å². The first-order valence-electron chi connectivity index (χ1n) is 8.51. The van der Waals surface area contributed by atoms with Gasteiger partial charge in [-0.25, -0.2) is 4.98 Å². The van der Waals surface area contributed by atoms with Gasteiger partial charge in [0.15, 0.2) is 0 Å². The number of hydrogen-bond donors (Lipinski definition) is 2. The molecule has 2 N–H and O–H groups in total. The van der Waals surface area contributed by atoms with Gasteiger partial charge in [0, 0.05) is 49.5 Å². The van der Waals surface area contributed by atoms with E-state index in [0.717, 1.165) is 27.7 Å². The SMILES string of the molecule is Cn1cccc1-c1cc(C(=O)NCCc2csc(-c3cccnc3)n2)[nH]n1. The summed E-state index contributed by atoms with van der Waals surface area (Å²) in [4.78, 5) is 21.0. The minimum atomic E-state index is -0.175. The van der Waals surface area contributed by atoms with Crippen LogP contribution in [0.2, 0.25) is 0 Å². The molecule has 0 aromatic carbocycles. The summed E-state index contributed by atoms with van der Waals surface area (Å²) in [5.74, 6) is -0.175. The molecule has 0 spiro atoms. The van der Waals surface area contributed by atoms with Crippen molar-refractivity contribution in [1.82, 2.24) is 30.0 Å². The molecular weight excluding hydrogens is 360 g/mol. The lowest BCUT2D eigenvalue weighted by Gasteiger charge is -2.01. The molecule has 0 aliphatic carbocycles. The van der Waals surface area contributed by atoms with Crippen molar-refractivity contribution in [2.24, 2.45) is 7.05 Å². The summed E-state index contributed by atoms with van der Waals surface area (Å²) in [6, 6.07) is 9.54. The van der Waals surface area contributed by atoms with E-state index in [9.17, 15) is 4.79 Å². The molecule has 4 aromatic rings. The lowest BCUT2D eigenvalue weighted by Crippen LogP contribution is -2.26. The summed E-state index contributed by atoms with van der Waals surface area (Å²) in [5.41, 5.74) is 4.10. The molecule has 0 saturated carbocycles. The van der Waals surface area contributed by atoms with E-state index in [1.165, 1.54) is 0 Å². The zero-order chi connectivity index (χ0) is 18.6. The molecule has 4 aromatic heterocycles. The minimum Gasteiger partial charge on any atom is -0.350 e. The highest BCUT2D eigenvalue weighted by Gasteiger charge is 2.12. The third-order valence-electron chi connectivity index (χ3n) is 4.16. The molecule has 0 radical (unpaired) electrons. The number of amides is 1. The van der Waals surface area contributed by atoms with Crippen molar-refractivity contribution in [3.8, 4) is 22.0 Å². The van der Waals surface area contributed by atoms with Crippen molar-refractivity contribution < 1.29 is 4.79 Å². The Morgan fingerprint density at radius 1 is 1.33 bits per heavy atom. The van der Waals surface area contributed by atoms with Crippen LogP contribution in [0.15, 0.2) is 54.3 Å². The lowest BCUT2D eigenvalue weighted by molar-refractivity contribution is 0.0949. The number of nitrogens with one attached hydrogen (secondary N) is 2. The molecule has 27 heavy (non-hydrogen) atoms. The Morgan fingerprint density at radius 3 is 3.04 bits per heavy atom. The van der Waals surface area contributed by atoms with E-state index >= 15 is 0 Å². The van der Waals surface area contributed by atoms with E-state index in [4.69, 9.17) is 0 Å². The molecule has 0 aliphatic rings. The smallest absolute Gasteiger partial charge is 0.269 e. The normalized spacial score (nSPS) is 10.9. The Kier molecular flexibility index (Phi) is 4.80. The maximum absolute atomic E-state index is 12.3. The summed E-state index contributed by atoms with van der Waals surface area (Å²) in [6.45, 7) is 0.507. The van der Waals surface area contributed by atoms with E-state index in [0.29, 0.717) is 18.7 Å². The fourth-order valence-corrected chi connectivity index (χ4v) is 3.58. The monoisotopic (exact) mass is 378 g/mol. The quantitative estimate of drug-likeness (QED) is 0.540. The van der Waals surface area contributed by atoms with E-state index in [2.05, 4.69) is 25.5 Å². The van der Waals surface area contributed by atoms with Crippen LogP contribution in [0, 0.1) is 0 Å². The van der Waals surface area contributed by atoms with Crippen LogP contribution < -0.4 is 5.32 Å². The highest BCUT2D eigenvalue weighted by molar-refractivity contribution is 7.13. The molecular formula is C19H18N6OS. The predicted molar refractivity (Wildman–Crippen MR) is 104 cm³/mol. The van der Waals surface area contributed by atoms with Crippen LogP contribution in [0.4, 0.5) is 0 Å². The van der Waals surface area contributed by atoms with Crippen LogP contribution in [0.25, 0.3) is 22.0 Å². The largest absolute Gasteiger partial charge is 0.350 e.